The summed E-state index contributed by atoms with van der Waals surface area (Å²) in [5.41, 5.74) is 2.36. The van der Waals surface area contributed by atoms with E-state index in [9.17, 15) is 19.2 Å². The van der Waals surface area contributed by atoms with Gasteiger partial charge < -0.3 is 10.4 Å². The Labute approximate surface area is 191 Å². The van der Waals surface area contributed by atoms with Crippen molar-refractivity contribution >= 4 is 28.8 Å². The summed E-state index contributed by atoms with van der Waals surface area (Å²) in [6.07, 6.45) is 4.48. The van der Waals surface area contributed by atoms with Crippen LogP contribution in [0.3, 0.4) is 0 Å². The molecule has 2 aliphatic heterocycles. The number of piperidine rings is 1. The van der Waals surface area contributed by atoms with Gasteiger partial charge in [0.05, 0.1) is 11.0 Å². The molecule has 0 spiro atoms. The Balaban J connectivity index is 1.35. The number of carbonyl (C=O) groups excluding carboxylic acids is 2. The predicted molar refractivity (Wildman–Crippen MR) is 122 cm³/mol. The number of carboxylic acids is 1. The Morgan fingerprint density at radius 3 is 2.73 bits per heavy atom. The molecule has 3 heterocycles. The van der Waals surface area contributed by atoms with Crippen molar-refractivity contribution in [3.05, 3.63) is 34.2 Å². The number of piperazine rings is 1. The van der Waals surface area contributed by atoms with Crippen LogP contribution in [-0.2, 0) is 27.9 Å². The Hall–Kier alpha value is -2.98. The zero-order valence-electron chi connectivity index (χ0n) is 18.9. The average Bonchev–Trinajstić information content (AvgIpc) is 3.04. The summed E-state index contributed by atoms with van der Waals surface area (Å²) >= 11 is 0. The number of aryl methyl sites for hydroxylation is 2. The summed E-state index contributed by atoms with van der Waals surface area (Å²) in [4.78, 5) is 50.0. The third kappa shape index (κ3) is 5.01. The maximum Gasteiger partial charge on any atom is 0.329 e. The molecular formula is C23H31N5O5. The second-order valence-electron chi connectivity index (χ2n) is 8.96. The fourth-order valence-corrected chi connectivity index (χ4v) is 4.81. The van der Waals surface area contributed by atoms with E-state index in [-0.39, 0.29) is 18.0 Å². The molecule has 1 unspecified atom stereocenters. The first-order valence-electron chi connectivity index (χ1n) is 11.6. The number of carboxylic acid groups (broad SMARTS) is 1. The van der Waals surface area contributed by atoms with Crippen LogP contribution in [-0.4, -0.2) is 69.1 Å². The Morgan fingerprint density at radius 2 is 1.97 bits per heavy atom. The molecule has 3 N–H and O–H groups in total. The Morgan fingerprint density at radius 1 is 1.15 bits per heavy atom. The third-order valence-electron chi connectivity index (χ3n) is 6.67. The van der Waals surface area contributed by atoms with Crippen molar-refractivity contribution in [1.29, 1.82) is 0 Å². The number of aliphatic carboxylic acids is 1. The third-order valence-corrected chi connectivity index (χ3v) is 6.67. The molecule has 0 aliphatic carbocycles. The number of hydrogen-bond acceptors (Lipinski definition) is 6. The van der Waals surface area contributed by atoms with E-state index in [0.29, 0.717) is 25.0 Å². The van der Waals surface area contributed by atoms with Gasteiger partial charge in [-0.15, -0.1) is 0 Å². The number of benzene rings is 1. The molecule has 4 rings (SSSR count). The van der Waals surface area contributed by atoms with E-state index >= 15 is 0 Å². The number of carbonyl (C=O) groups is 3. The van der Waals surface area contributed by atoms with Gasteiger partial charge in [-0.2, -0.15) is 0 Å². The second kappa shape index (κ2) is 9.88. The van der Waals surface area contributed by atoms with Gasteiger partial charge in [0.2, 0.25) is 11.8 Å². The fraction of sp³-hybridized carbons (Fsp3) is 0.565. The smallest absolute Gasteiger partial charge is 0.329 e. The van der Waals surface area contributed by atoms with E-state index in [4.69, 9.17) is 5.11 Å². The van der Waals surface area contributed by atoms with Crippen molar-refractivity contribution in [2.75, 3.05) is 26.2 Å². The number of fused-ring (bicyclic) bond motifs is 1. The highest BCUT2D eigenvalue weighted by molar-refractivity contribution is 6.00. The number of hydrogen-bond donors (Lipinski definition) is 3. The van der Waals surface area contributed by atoms with E-state index in [1.54, 1.807) is 11.6 Å². The van der Waals surface area contributed by atoms with Gasteiger partial charge in [0.1, 0.15) is 12.1 Å². The summed E-state index contributed by atoms with van der Waals surface area (Å²) in [6.45, 7) is 3.02. The van der Waals surface area contributed by atoms with Crippen LogP contribution in [0.25, 0.3) is 11.0 Å². The van der Waals surface area contributed by atoms with Crippen LogP contribution in [0.2, 0.25) is 0 Å². The number of aromatic nitrogens is 2. The van der Waals surface area contributed by atoms with Crippen LogP contribution < -0.4 is 16.3 Å². The lowest BCUT2D eigenvalue weighted by Gasteiger charge is -2.31. The van der Waals surface area contributed by atoms with Crippen molar-refractivity contribution < 1.29 is 19.5 Å². The van der Waals surface area contributed by atoms with Gasteiger partial charge in [-0.1, -0.05) is 12.5 Å². The molecule has 10 nitrogen and oxygen atoms in total. The average molecular weight is 458 g/mol. The number of imide groups is 1. The van der Waals surface area contributed by atoms with Gasteiger partial charge in [-0.25, -0.2) is 4.79 Å². The predicted octanol–water partition coefficient (Wildman–Crippen LogP) is 0.389. The highest BCUT2D eigenvalue weighted by Gasteiger charge is 2.31. The SMILES string of the molecule is Cn1c(=O)n(C2CCC(=O)NC2=O)c2ccc(CCCCCN3CCN[C@H](C(=O)O)C3)cc21. The van der Waals surface area contributed by atoms with Crippen LogP contribution in [0.5, 0.6) is 0 Å². The van der Waals surface area contributed by atoms with E-state index in [2.05, 4.69) is 15.5 Å². The first-order valence-corrected chi connectivity index (χ1v) is 11.6. The number of unbranched alkanes of at least 4 members (excludes halogenated alkanes) is 2. The molecule has 2 aliphatic rings. The number of amides is 2. The van der Waals surface area contributed by atoms with Crippen molar-refractivity contribution in [2.24, 2.45) is 7.05 Å². The monoisotopic (exact) mass is 457 g/mol. The van der Waals surface area contributed by atoms with Crippen LogP contribution in [0.15, 0.2) is 23.0 Å². The standard InChI is InChI=1S/C23H31N5O5/c1-26-19-13-15(5-3-2-4-11-27-12-10-24-16(14-27)22(31)32)6-7-17(19)28(23(26)33)18-8-9-20(29)25-21(18)30/h6-7,13,16,18,24H,2-5,8-12,14H2,1H3,(H,31,32)(H,25,29,30)/t16-,18?/m0/s1. The molecule has 2 saturated heterocycles. The summed E-state index contributed by atoms with van der Waals surface area (Å²) in [5.74, 6) is -1.52. The van der Waals surface area contributed by atoms with Gasteiger partial charge in [-0.05, 0) is 49.9 Å². The molecular weight excluding hydrogens is 426 g/mol. The Bertz CT molecular complexity index is 1120. The molecule has 0 saturated carbocycles. The molecule has 2 atom stereocenters. The van der Waals surface area contributed by atoms with Gasteiger partial charge in [-0.3, -0.25) is 33.7 Å². The molecule has 0 bridgehead atoms. The van der Waals surface area contributed by atoms with Gasteiger partial charge in [0.15, 0.2) is 0 Å². The molecule has 10 heteroatoms. The van der Waals surface area contributed by atoms with E-state index in [1.807, 2.05) is 18.2 Å². The topological polar surface area (TPSA) is 126 Å². The van der Waals surface area contributed by atoms with Gasteiger partial charge in [0.25, 0.3) is 0 Å². The molecule has 2 amide bonds. The minimum atomic E-state index is -0.795. The highest BCUT2D eigenvalue weighted by Crippen LogP contribution is 2.24. The maximum absolute atomic E-state index is 12.9. The molecule has 33 heavy (non-hydrogen) atoms. The largest absolute Gasteiger partial charge is 0.480 e. The van der Waals surface area contributed by atoms with Crippen molar-refractivity contribution in [2.45, 2.75) is 50.6 Å². The fourth-order valence-electron chi connectivity index (χ4n) is 4.81. The first-order chi connectivity index (χ1) is 15.8. The number of rotatable bonds is 8. The molecule has 2 aromatic rings. The molecule has 178 valence electrons. The number of nitrogens with zero attached hydrogens (tertiary/aromatic N) is 3. The molecule has 1 aromatic carbocycles. The van der Waals surface area contributed by atoms with E-state index < -0.39 is 24.0 Å². The normalized spacial score (nSPS) is 22.0. The van der Waals surface area contributed by atoms with Crippen molar-refractivity contribution in [3.63, 3.8) is 0 Å². The van der Waals surface area contributed by atoms with Crippen molar-refractivity contribution in [1.82, 2.24) is 24.7 Å². The molecule has 2 fully saturated rings. The summed E-state index contributed by atoms with van der Waals surface area (Å²) in [5, 5.41) is 14.5. The van der Waals surface area contributed by atoms with E-state index in [0.717, 1.165) is 49.9 Å². The summed E-state index contributed by atoms with van der Waals surface area (Å²) in [7, 11) is 1.70. The van der Waals surface area contributed by atoms with Crippen molar-refractivity contribution in [3.8, 4) is 0 Å². The minimum absolute atomic E-state index is 0.224. The van der Waals surface area contributed by atoms with Crippen LogP contribution in [0.1, 0.15) is 43.7 Å². The highest BCUT2D eigenvalue weighted by atomic mass is 16.4. The lowest BCUT2D eigenvalue weighted by Crippen LogP contribution is -2.54. The van der Waals surface area contributed by atoms with Gasteiger partial charge in [0, 0.05) is 33.1 Å². The first kappa shape index (κ1) is 23.2. The van der Waals surface area contributed by atoms with Crippen LogP contribution in [0, 0.1) is 0 Å². The van der Waals surface area contributed by atoms with Crippen LogP contribution >= 0.6 is 0 Å². The minimum Gasteiger partial charge on any atom is -0.480 e. The zero-order valence-corrected chi connectivity index (χ0v) is 18.9. The quantitative estimate of drug-likeness (QED) is 0.387. The lowest BCUT2D eigenvalue weighted by molar-refractivity contribution is -0.141. The number of nitrogens with one attached hydrogen (secondary N) is 2. The van der Waals surface area contributed by atoms with Crippen LogP contribution in [0.4, 0.5) is 0 Å². The summed E-state index contributed by atoms with van der Waals surface area (Å²) in [6, 6.07) is 4.74. The summed E-state index contributed by atoms with van der Waals surface area (Å²) < 4.78 is 3.06. The Kier molecular flexibility index (Phi) is 6.94. The van der Waals surface area contributed by atoms with Gasteiger partial charge >= 0.3 is 11.7 Å². The lowest BCUT2D eigenvalue weighted by atomic mass is 10.0. The number of imidazole rings is 1. The zero-order chi connectivity index (χ0) is 23.5. The maximum atomic E-state index is 12.9. The molecule has 1 aromatic heterocycles. The van der Waals surface area contributed by atoms with E-state index in [1.165, 1.54) is 4.57 Å². The molecule has 0 radical (unpaired) electrons. The second-order valence-corrected chi connectivity index (χ2v) is 8.96.